The molecule has 0 aromatic heterocycles. The normalized spacial score (nSPS) is 15.8. The predicted octanol–water partition coefficient (Wildman–Crippen LogP) is 2.10. The Balaban J connectivity index is 0.00000144. The molecule has 3 nitrogen and oxygen atoms in total. The molecule has 2 rings (SSSR count). The molecule has 94 valence electrons. The van der Waals surface area contributed by atoms with Gasteiger partial charge in [-0.05, 0) is 30.5 Å². The van der Waals surface area contributed by atoms with Gasteiger partial charge in [0.1, 0.15) is 0 Å². The van der Waals surface area contributed by atoms with E-state index in [9.17, 15) is 4.79 Å². The van der Waals surface area contributed by atoms with Crippen molar-refractivity contribution in [2.24, 2.45) is 5.73 Å². The second-order valence-corrected chi connectivity index (χ2v) is 5.03. The summed E-state index contributed by atoms with van der Waals surface area (Å²) in [4.78, 5) is 13.6. The van der Waals surface area contributed by atoms with Gasteiger partial charge in [0.25, 0.3) is 0 Å². The van der Waals surface area contributed by atoms with Crippen LogP contribution in [0.5, 0.6) is 0 Å². The van der Waals surface area contributed by atoms with Gasteiger partial charge in [0.05, 0.1) is 6.04 Å². The van der Waals surface area contributed by atoms with Crippen LogP contribution in [0.2, 0.25) is 0 Å². The van der Waals surface area contributed by atoms with Gasteiger partial charge in [-0.1, -0.05) is 28.1 Å². The highest BCUT2D eigenvalue weighted by Gasteiger charge is 2.23. The van der Waals surface area contributed by atoms with E-state index in [2.05, 4.69) is 22.0 Å². The van der Waals surface area contributed by atoms with Gasteiger partial charge in [0.15, 0.2) is 0 Å². The van der Waals surface area contributed by atoms with Crippen LogP contribution in [0.25, 0.3) is 0 Å². The van der Waals surface area contributed by atoms with Gasteiger partial charge in [-0.15, -0.1) is 12.4 Å². The first-order valence-corrected chi connectivity index (χ1v) is 6.19. The fraction of sp³-hybridized carbons (Fsp3) is 0.417. The smallest absolute Gasteiger partial charge is 0.239 e. The van der Waals surface area contributed by atoms with Crippen molar-refractivity contribution in [2.45, 2.75) is 25.9 Å². The number of fused-ring (bicyclic) bond motifs is 1. The Hall–Kier alpha value is -0.580. The molecule has 0 spiro atoms. The molecule has 0 fully saturated rings. The third-order valence-electron chi connectivity index (χ3n) is 2.91. The molecule has 1 aromatic rings. The third-order valence-corrected chi connectivity index (χ3v) is 3.65. The zero-order valence-corrected chi connectivity index (χ0v) is 12.1. The van der Waals surface area contributed by atoms with Gasteiger partial charge < -0.3 is 10.6 Å². The molecule has 1 aliphatic rings. The first kappa shape index (κ1) is 14.5. The Morgan fingerprint density at radius 1 is 1.53 bits per heavy atom. The highest BCUT2D eigenvalue weighted by atomic mass is 79.9. The van der Waals surface area contributed by atoms with Crippen molar-refractivity contribution in [3.05, 3.63) is 33.8 Å². The Kier molecular flexibility index (Phi) is 4.98. The summed E-state index contributed by atoms with van der Waals surface area (Å²) in [6.07, 6.45) is 0.898. The topological polar surface area (TPSA) is 46.3 Å². The number of nitrogens with two attached hydrogens (primary N) is 1. The predicted molar refractivity (Wildman–Crippen MR) is 74.2 cm³/mol. The molecule has 0 bridgehead atoms. The summed E-state index contributed by atoms with van der Waals surface area (Å²) in [5.74, 6) is 0.0330. The molecule has 0 radical (unpaired) electrons. The lowest BCUT2D eigenvalue weighted by molar-refractivity contribution is -0.133. The van der Waals surface area contributed by atoms with E-state index in [1.165, 1.54) is 11.1 Å². The molecule has 0 aliphatic carbocycles. The summed E-state index contributed by atoms with van der Waals surface area (Å²) in [6.45, 7) is 3.17. The number of benzene rings is 1. The summed E-state index contributed by atoms with van der Waals surface area (Å²) in [5, 5.41) is 0. The number of hydrogen-bond donors (Lipinski definition) is 1. The maximum Gasteiger partial charge on any atom is 0.239 e. The van der Waals surface area contributed by atoms with Crippen molar-refractivity contribution < 1.29 is 4.79 Å². The van der Waals surface area contributed by atoms with E-state index in [0.717, 1.165) is 17.4 Å². The number of rotatable bonds is 1. The van der Waals surface area contributed by atoms with Crippen LogP contribution in [0.15, 0.2) is 22.7 Å². The average molecular weight is 320 g/mol. The van der Waals surface area contributed by atoms with Crippen LogP contribution < -0.4 is 5.73 Å². The molecule has 1 aromatic carbocycles. The minimum absolute atomic E-state index is 0. The first-order chi connectivity index (χ1) is 7.59. The summed E-state index contributed by atoms with van der Waals surface area (Å²) >= 11 is 3.54. The molecule has 1 heterocycles. The van der Waals surface area contributed by atoms with E-state index < -0.39 is 6.04 Å². The zero-order valence-electron chi connectivity index (χ0n) is 9.65. The van der Waals surface area contributed by atoms with Gasteiger partial charge in [0, 0.05) is 17.6 Å². The van der Waals surface area contributed by atoms with E-state index >= 15 is 0 Å². The molecule has 2 N–H and O–H groups in total. The molecule has 0 unspecified atom stereocenters. The van der Waals surface area contributed by atoms with Crippen LogP contribution in [0.3, 0.4) is 0 Å². The van der Waals surface area contributed by atoms with E-state index in [1.54, 1.807) is 6.92 Å². The fourth-order valence-electron chi connectivity index (χ4n) is 2.04. The molecule has 0 saturated heterocycles. The van der Waals surface area contributed by atoms with E-state index in [0.29, 0.717) is 6.54 Å². The van der Waals surface area contributed by atoms with Crippen molar-refractivity contribution in [3.63, 3.8) is 0 Å². The Morgan fingerprint density at radius 3 is 2.88 bits per heavy atom. The highest BCUT2D eigenvalue weighted by Crippen LogP contribution is 2.26. The lowest BCUT2D eigenvalue weighted by atomic mass is 9.99. The van der Waals surface area contributed by atoms with Crippen molar-refractivity contribution in [1.82, 2.24) is 4.90 Å². The van der Waals surface area contributed by atoms with E-state index in [4.69, 9.17) is 5.73 Å². The minimum atomic E-state index is -0.409. The largest absolute Gasteiger partial charge is 0.337 e. The van der Waals surface area contributed by atoms with Crippen LogP contribution in [-0.2, 0) is 17.8 Å². The second kappa shape index (κ2) is 5.85. The van der Waals surface area contributed by atoms with Gasteiger partial charge >= 0.3 is 0 Å². The lowest BCUT2D eigenvalue weighted by Gasteiger charge is -2.30. The molecule has 1 aliphatic heterocycles. The van der Waals surface area contributed by atoms with Crippen LogP contribution in [0.1, 0.15) is 18.1 Å². The molecule has 1 atom stereocenters. The van der Waals surface area contributed by atoms with Gasteiger partial charge in [-0.3, -0.25) is 4.79 Å². The Morgan fingerprint density at radius 2 is 2.24 bits per heavy atom. The molecule has 17 heavy (non-hydrogen) atoms. The fourth-order valence-corrected chi connectivity index (χ4v) is 2.64. The lowest BCUT2D eigenvalue weighted by Crippen LogP contribution is -2.44. The standard InChI is InChI=1S/C12H15BrN2O.ClH/c1-8(14)12(16)15-6-5-10-9(7-15)3-2-4-11(10)13;/h2-4,8H,5-7,14H2,1H3;1H/t8-;/m0./s1. The van der Waals surface area contributed by atoms with Crippen molar-refractivity contribution in [1.29, 1.82) is 0 Å². The Labute approximate surface area is 116 Å². The summed E-state index contributed by atoms with van der Waals surface area (Å²) < 4.78 is 1.14. The second-order valence-electron chi connectivity index (χ2n) is 4.18. The van der Waals surface area contributed by atoms with Crippen molar-refractivity contribution in [3.8, 4) is 0 Å². The molecule has 1 amide bonds. The first-order valence-electron chi connectivity index (χ1n) is 5.40. The number of halogens is 2. The zero-order chi connectivity index (χ0) is 11.7. The van der Waals surface area contributed by atoms with Crippen molar-refractivity contribution in [2.75, 3.05) is 6.54 Å². The average Bonchev–Trinajstić information content (AvgIpc) is 2.28. The van der Waals surface area contributed by atoms with Gasteiger partial charge in [0.2, 0.25) is 5.91 Å². The van der Waals surface area contributed by atoms with E-state index in [1.807, 2.05) is 17.0 Å². The maximum absolute atomic E-state index is 11.8. The minimum Gasteiger partial charge on any atom is -0.337 e. The van der Waals surface area contributed by atoms with Gasteiger partial charge in [-0.25, -0.2) is 0 Å². The monoisotopic (exact) mass is 318 g/mol. The third kappa shape index (κ3) is 3.00. The number of carbonyl (C=O) groups excluding carboxylic acids is 1. The number of nitrogens with zero attached hydrogens (tertiary/aromatic N) is 1. The highest BCUT2D eigenvalue weighted by molar-refractivity contribution is 9.10. The van der Waals surface area contributed by atoms with Crippen LogP contribution >= 0.6 is 28.3 Å². The Bertz CT molecular complexity index is 423. The molecular weight excluding hydrogens is 304 g/mol. The van der Waals surface area contributed by atoms with Crippen LogP contribution in [0, 0.1) is 0 Å². The quantitative estimate of drug-likeness (QED) is 0.861. The number of amides is 1. The SMILES string of the molecule is C[C@H](N)C(=O)N1CCc2c(Br)cccc2C1.Cl. The molecular formula is C12H16BrClN2O. The maximum atomic E-state index is 11.8. The van der Waals surface area contributed by atoms with Crippen LogP contribution in [-0.4, -0.2) is 23.4 Å². The number of hydrogen-bond acceptors (Lipinski definition) is 2. The summed E-state index contributed by atoms with van der Waals surface area (Å²) in [7, 11) is 0. The number of carbonyl (C=O) groups is 1. The van der Waals surface area contributed by atoms with E-state index in [-0.39, 0.29) is 18.3 Å². The summed E-state index contributed by atoms with van der Waals surface area (Å²) in [5.41, 5.74) is 8.15. The molecule has 0 saturated carbocycles. The van der Waals surface area contributed by atoms with Crippen molar-refractivity contribution >= 4 is 34.2 Å². The summed E-state index contributed by atoms with van der Waals surface area (Å²) in [6, 6.07) is 5.71. The van der Waals surface area contributed by atoms with Crippen LogP contribution in [0.4, 0.5) is 0 Å². The van der Waals surface area contributed by atoms with Gasteiger partial charge in [-0.2, -0.15) is 0 Å². The molecule has 5 heteroatoms.